The molecule has 1 saturated heterocycles. The van der Waals surface area contributed by atoms with Gasteiger partial charge in [0.1, 0.15) is 6.10 Å². The predicted octanol–water partition coefficient (Wildman–Crippen LogP) is 2.71. The Morgan fingerprint density at radius 1 is 1.32 bits per heavy atom. The maximum atomic E-state index is 12.0. The van der Waals surface area contributed by atoms with Crippen molar-refractivity contribution in [3.05, 3.63) is 47.7 Å². The normalized spacial score (nSPS) is 26.0. The highest BCUT2D eigenvalue weighted by Crippen LogP contribution is 2.49. The Kier molecular flexibility index (Phi) is 4.45. The number of cyclic esters (lactones) is 1. The first-order valence-electron chi connectivity index (χ1n) is 7.74. The molecule has 3 rings (SSSR count). The van der Waals surface area contributed by atoms with E-state index in [1.807, 2.05) is 37.3 Å². The molecule has 0 aromatic heterocycles. The molecule has 2 aliphatic heterocycles. The van der Waals surface area contributed by atoms with Gasteiger partial charge in [-0.3, -0.25) is 0 Å². The van der Waals surface area contributed by atoms with Crippen LogP contribution < -0.4 is 0 Å². The van der Waals surface area contributed by atoms with E-state index in [0.29, 0.717) is 0 Å². The van der Waals surface area contributed by atoms with E-state index in [4.69, 9.17) is 4.74 Å². The van der Waals surface area contributed by atoms with Crippen molar-refractivity contribution >= 4 is 17.7 Å². The van der Waals surface area contributed by atoms with Gasteiger partial charge in [-0.2, -0.15) is 0 Å². The van der Waals surface area contributed by atoms with Gasteiger partial charge < -0.3 is 14.7 Å². The van der Waals surface area contributed by atoms with Gasteiger partial charge in [-0.25, -0.2) is 4.79 Å². The first kappa shape index (κ1) is 15.4. The molecule has 1 N–H and O–H groups in total. The van der Waals surface area contributed by atoms with Crippen LogP contribution in [-0.2, 0) is 9.53 Å². The van der Waals surface area contributed by atoms with Gasteiger partial charge >= 0.3 is 5.97 Å². The van der Waals surface area contributed by atoms with Gasteiger partial charge in [0.25, 0.3) is 0 Å². The molecule has 2 unspecified atom stereocenters. The van der Waals surface area contributed by atoms with E-state index in [1.54, 1.807) is 6.08 Å². The maximum absolute atomic E-state index is 12.0. The second kappa shape index (κ2) is 6.34. The lowest BCUT2D eigenvalue weighted by Gasteiger charge is -2.38. The average Bonchev–Trinajstić information content (AvgIpc) is 3.16. The topological polar surface area (TPSA) is 49.8 Å². The number of likely N-dealkylation sites (tertiary alicyclic amines) is 1. The number of aliphatic hydroxyl groups excluding tert-OH is 1. The van der Waals surface area contributed by atoms with Crippen molar-refractivity contribution < 1.29 is 14.6 Å². The quantitative estimate of drug-likeness (QED) is 0.846. The number of hydrogen-bond donors (Lipinski definition) is 1. The minimum atomic E-state index is -1.03. The summed E-state index contributed by atoms with van der Waals surface area (Å²) in [4.78, 5) is 13.1. The molecule has 4 nitrogen and oxygen atoms in total. The summed E-state index contributed by atoms with van der Waals surface area (Å²) in [6.07, 6.45) is 2.90. The number of esters is 1. The van der Waals surface area contributed by atoms with Gasteiger partial charge in [0.15, 0.2) is 0 Å². The van der Waals surface area contributed by atoms with Crippen molar-refractivity contribution in [2.75, 3.05) is 18.8 Å². The third kappa shape index (κ3) is 2.63. The summed E-state index contributed by atoms with van der Waals surface area (Å²) in [5.41, 5.74) is 1.58. The molecule has 5 heteroatoms. The summed E-state index contributed by atoms with van der Waals surface area (Å²) in [6, 6.07) is 9.43. The van der Waals surface area contributed by atoms with Crippen LogP contribution in [0.1, 0.15) is 31.4 Å². The average molecular weight is 319 g/mol. The predicted molar refractivity (Wildman–Crippen MR) is 87.2 cm³/mol. The molecule has 0 spiro atoms. The lowest BCUT2D eigenvalue weighted by atomic mass is 10.0. The molecule has 118 valence electrons. The molecule has 22 heavy (non-hydrogen) atoms. The molecule has 1 aromatic carbocycles. The van der Waals surface area contributed by atoms with Crippen LogP contribution in [0.4, 0.5) is 0 Å². The second-order valence-corrected chi connectivity index (χ2v) is 7.03. The summed E-state index contributed by atoms with van der Waals surface area (Å²) in [5, 5.41) is 11.0. The summed E-state index contributed by atoms with van der Waals surface area (Å²) in [5.74, 6) is 0.389. The summed E-state index contributed by atoms with van der Waals surface area (Å²) in [7, 11) is 0. The van der Waals surface area contributed by atoms with Crippen LogP contribution in [0, 0.1) is 0 Å². The number of carbonyl (C=O) groups is 1. The number of benzene rings is 1. The van der Waals surface area contributed by atoms with Crippen LogP contribution in [0.2, 0.25) is 0 Å². The van der Waals surface area contributed by atoms with E-state index >= 15 is 0 Å². The molecular weight excluding hydrogens is 298 g/mol. The number of ether oxygens (including phenoxy) is 1. The zero-order chi connectivity index (χ0) is 15.6. The Morgan fingerprint density at radius 2 is 2.00 bits per heavy atom. The van der Waals surface area contributed by atoms with Gasteiger partial charge in [-0.05, 0) is 24.2 Å². The minimum Gasteiger partial charge on any atom is -0.435 e. The molecule has 1 fully saturated rings. The molecular formula is C17H21NO3S. The number of aliphatic hydroxyl groups is 1. The monoisotopic (exact) mass is 319 g/mol. The Labute approximate surface area is 135 Å². The number of hydrogen-bond acceptors (Lipinski definition) is 5. The van der Waals surface area contributed by atoms with Crippen molar-refractivity contribution in [3.8, 4) is 0 Å². The zero-order valence-corrected chi connectivity index (χ0v) is 13.5. The maximum Gasteiger partial charge on any atom is 0.334 e. The summed E-state index contributed by atoms with van der Waals surface area (Å²) < 4.78 is 5.67. The molecule has 2 aliphatic rings. The van der Waals surface area contributed by atoms with Crippen LogP contribution >= 0.6 is 11.8 Å². The first-order chi connectivity index (χ1) is 10.7. The van der Waals surface area contributed by atoms with E-state index in [1.165, 1.54) is 11.8 Å². The Morgan fingerprint density at radius 3 is 2.64 bits per heavy atom. The molecule has 0 aliphatic carbocycles. The van der Waals surface area contributed by atoms with E-state index < -0.39 is 11.0 Å². The fraction of sp³-hybridized carbons (Fsp3) is 0.471. The molecule has 1 aromatic rings. The van der Waals surface area contributed by atoms with Crippen LogP contribution in [0.5, 0.6) is 0 Å². The molecule has 2 atom stereocenters. The second-order valence-electron chi connectivity index (χ2n) is 5.56. The van der Waals surface area contributed by atoms with E-state index in [2.05, 4.69) is 4.90 Å². The molecule has 0 saturated carbocycles. The lowest BCUT2D eigenvalue weighted by Crippen LogP contribution is -2.42. The van der Waals surface area contributed by atoms with Gasteiger partial charge in [-0.1, -0.05) is 37.3 Å². The van der Waals surface area contributed by atoms with E-state index in [-0.39, 0.29) is 5.97 Å². The van der Waals surface area contributed by atoms with Crippen LogP contribution in [0.3, 0.4) is 0 Å². The van der Waals surface area contributed by atoms with Crippen LogP contribution in [0.25, 0.3) is 0 Å². The fourth-order valence-electron chi connectivity index (χ4n) is 3.16. The number of rotatable bonds is 5. The Balaban J connectivity index is 1.99. The van der Waals surface area contributed by atoms with Gasteiger partial charge in [0.2, 0.25) is 4.93 Å². The van der Waals surface area contributed by atoms with Crippen molar-refractivity contribution in [2.24, 2.45) is 0 Å². The summed E-state index contributed by atoms with van der Waals surface area (Å²) in [6.45, 7) is 3.84. The minimum absolute atomic E-state index is 0.363. The highest BCUT2D eigenvalue weighted by atomic mass is 32.2. The molecule has 0 bridgehead atoms. The van der Waals surface area contributed by atoms with Crippen LogP contribution in [-0.4, -0.2) is 39.8 Å². The largest absolute Gasteiger partial charge is 0.435 e. The highest BCUT2D eigenvalue weighted by Gasteiger charge is 2.52. The summed E-state index contributed by atoms with van der Waals surface area (Å²) >= 11 is 1.48. The lowest BCUT2D eigenvalue weighted by molar-refractivity contribution is -0.146. The first-order valence-corrected chi connectivity index (χ1v) is 8.73. The number of carbonyl (C=O) groups excluding carboxylic acids is 1. The molecule has 2 heterocycles. The van der Waals surface area contributed by atoms with Crippen molar-refractivity contribution in [1.29, 1.82) is 0 Å². The van der Waals surface area contributed by atoms with Gasteiger partial charge in [-0.15, -0.1) is 11.8 Å². The number of thioether (sulfide) groups is 1. The third-order valence-corrected chi connectivity index (χ3v) is 5.38. The Hall–Kier alpha value is -1.46. The standard InChI is InChI=1S/C17H21NO3S/c1-2-22-17(16(20)13-8-4-3-5-9-13)14(12-15(19)21-17)18-10-6-7-11-18/h3-5,8-9,12,16,20H,2,6-7,10-11H2,1H3. The van der Waals surface area contributed by atoms with Crippen molar-refractivity contribution in [1.82, 2.24) is 4.90 Å². The SMILES string of the molecule is CCSC1(C(O)c2ccccc2)OC(=O)C=C1N1CCCC1. The van der Waals surface area contributed by atoms with E-state index in [9.17, 15) is 9.90 Å². The van der Waals surface area contributed by atoms with E-state index in [0.717, 1.165) is 42.9 Å². The third-order valence-electron chi connectivity index (χ3n) is 4.14. The van der Waals surface area contributed by atoms with Gasteiger partial charge in [0, 0.05) is 19.2 Å². The fourth-order valence-corrected chi connectivity index (χ4v) is 4.36. The zero-order valence-electron chi connectivity index (χ0n) is 12.7. The molecule has 0 amide bonds. The molecule has 0 radical (unpaired) electrons. The van der Waals surface area contributed by atoms with Crippen molar-refractivity contribution in [3.63, 3.8) is 0 Å². The van der Waals surface area contributed by atoms with Crippen LogP contribution in [0.15, 0.2) is 42.1 Å². The number of nitrogens with zero attached hydrogens (tertiary/aromatic N) is 1. The van der Waals surface area contributed by atoms with Gasteiger partial charge in [0.05, 0.1) is 5.70 Å². The Bertz CT molecular complexity index is 569. The smallest absolute Gasteiger partial charge is 0.334 e. The van der Waals surface area contributed by atoms with Crippen molar-refractivity contribution in [2.45, 2.75) is 30.8 Å². The highest BCUT2D eigenvalue weighted by molar-refractivity contribution is 8.00.